The van der Waals surface area contributed by atoms with Gasteiger partial charge in [0.25, 0.3) is 0 Å². The molecule has 0 bridgehead atoms. The Morgan fingerprint density at radius 2 is 1.85 bits per heavy atom. The molecule has 1 aromatic carbocycles. The molecule has 1 saturated heterocycles. The monoisotopic (exact) mass is 274 g/mol. The predicted octanol–water partition coefficient (Wildman–Crippen LogP) is 2.45. The molecule has 3 heteroatoms. The Hall–Kier alpha value is -1.35. The molecule has 0 saturated carbocycles. The molecule has 0 aromatic heterocycles. The molecule has 0 aliphatic carbocycles. The molecule has 0 radical (unpaired) electrons. The van der Waals surface area contributed by atoms with Crippen LogP contribution in [0.1, 0.15) is 32.3 Å². The van der Waals surface area contributed by atoms with Crippen LogP contribution >= 0.6 is 0 Å². The Morgan fingerprint density at radius 1 is 1.25 bits per heavy atom. The van der Waals surface area contributed by atoms with Crippen molar-refractivity contribution >= 4 is 5.91 Å². The number of nitrogens with two attached hydrogens (primary N) is 1. The minimum absolute atomic E-state index is 0.0846. The largest absolute Gasteiger partial charge is 0.342 e. The molecule has 1 aliphatic heterocycles. The first-order valence-electron chi connectivity index (χ1n) is 7.54. The van der Waals surface area contributed by atoms with Crippen LogP contribution in [0.3, 0.4) is 0 Å². The van der Waals surface area contributed by atoms with E-state index in [0.29, 0.717) is 12.0 Å². The molecule has 110 valence electrons. The third-order valence-electron chi connectivity index (χ3n) is 4.39. The van der Waals surface area contributed by atoms with Crippen LogP contribution in [0.5, 0.6) is 0 Å². The van der Waals surface area contributed by atoms with E-state index in [1.54, 1.807) is 0 Å². The normalized spacial score (nSPS) is 19.6. The molecule has 3 nitrogen and oxygen atoms in total. The molecular weight excluding hydrogens is 248 g/mol. The van der Waals surface area contributed by atoms with Crippen LogP contribution in [0.25, 0.3) is 0 Å². The minimum atomic E-state index is -0.0846. The smallest absolute Gasteiger partial charge is 0.227 e. The highest BCUT2D eigenvalue weighted by atomic mass is 16.2. The van der Waals surface area contributed by atoms with Crippen molar-refractivity contribution in [2.75, 3.05) is 19.6 Å². The SMILES string of the molecule is CC1(C)CCN(C(=O)C(CN)Cc2ccccc2)CC1. The fourth-order valence-electron chi connectivity index (χ4n) is 2.76. The van der Waals surface area contributed by atoms with Gasteiger partial charge in [0.1, 0.15) is 0 Å². The summed E-state index contributed by atoms with van der Waals surface area (Å²) in [5.41, 5.74) is 7.39. The van der Waals surface area contributed by atoms with Crippen LogP contribution in [0, 0.1) is 11.3 Å². The number of rotatable bonds is 4. The fourth-order valence-corrected chi connectivity index (χ4v) is 2.76. The van der Waals surface area contributed by atoms with Crippen molar-refractivity contribution in [1.29, 1.82) is 0 Å². The topological polar surface area (TPSA) is 46.3 Å². The second-order valence-corrected chi connectivity index (χ2v) is 6.61. The molecule has 1 aromatic rings. The van der Waals surface area contributed by atoms with Crippen LogP contribution in [-0.4, -0.2) is 30.4 Å². The zero-order valence-corrected chi connectivity index (χ0v) is 12.6. The van der Waals surface area contributed by atoms with Crippen molar-refractivity contribution in [2.24, 2.45) is 17.1 Å². The highest BCUT2D eigenvalue weighted by Gasteiger charge is 2.30. The van der Waals surface area contributed by atoms with Gasteiger partial charge in [-0.25, -0.2) is 0 Å². The van der Waals surface area contributed by atoms with E-state index >= 15 is 0 Å². The molecule has 2 N–H and O–H groups in total. The Morgan fingerprint density at radius 3 is 2.40 bits per heavy atom. The lowest BCUT2D eigenvalue weighted by Gasteiger charge is -2.38. The van der Waals surface area contributed by atoms with E-state index in [0.717, 1.165) is 32.4 Å². The zero-order chi connectivity index (χ0) is 14.6. The Labute approximate surface area is 122 Å². The average Bonchev–Trinajstić information content (AvgIpc) is 2.45. The summed E-state index contributed by atoms with van der Waals surface area (Å²) in [5.74, 6) is 0.144. The lowest BCUT2D eigenvalue weighted by atomic mass is 9.82. The third-order valence-corrected chi connectivity index (χ3v) is 4.39. The van der Waals surface area contributed by atoms with E-state index in [1.807, 2.05) is 23.1 Å². The van der Waals surface area contributed by atoms with Crippen molar-refractivity contribution in [1.82, 2.24) is 4.90 Å². The van der Waals surface area contributed by atoms with E-state index in [4.69, 9.17) is 5.73 Å². The van der Waals surface area contributed by atoms with Gasteiger partial charge in [0.15, 0.2) is 0 Å². The summed E-state index contributed by atoms with van der Waals surface area (Å²) in [7, 11) is 0. The summed E-state index contributed by atoms with van der Waals surface area (Å²) in [6.07, 6.45) is 2.92. The van der Waals surface area contributed by atoms with E-state index in [9.17, 15) is 4.79 Å². The van der Waals surface area contributed by atoms with Crippen molar-refractivity contribution in [3.63, 3.8) is 0 Å². The number of carbonyl (C=O) groups excluding carboxylic acids is 1. The van der Waals surface area contributed by atoms with Crippen LogP contribution in [0.15, 0.2) is 30.3 Å². The van der Waals surface area contributed by atoms with Gasteiger partial charge in [-0.15, -0.1) is 0 Å². The quantitative estimate of drug-likeness (QED) is 0.916. The molecule has 1 aliphatic rings. The van der Waals surface area contributed by atoms with Gasteiger partial charge in [0.2, 0.25) is 5.91 Å². The highest BCUT2D eigenvalue weighted by molar-refractivity contribution is 5.79. The van der Waals surface area contributed by atoms with Crippen molar-refractivity contribution in [3.8, 4) is 0 Å². The van der Waals surface area contributed by atoms with Crippen LogP contribution in [-0.2, 0) is 11.2 Å². The third kappa shape index (κ3) is 3.83. The number of nitrogens with zero attached hydrogens (tertiary/aromatic N) is 1. The van der Waals surface area contributed by atoms with Gasteiger partial charge < -0.3 is 10.6 Å². The van der Waals surface area contributed by atoms with E-state index < -0.39 is 0 Å². The van der Waals surface area contributed by atoms with Crippen molar-refractivity contribution in [3.05, 3.63) is 35.9 Å². The number of hydrogen-bond donors (Lipinski definition) is 1. The van der Waals surface area contributed by atoms with Crippen LogP contribution < -0.4 is 5.73 Å². The van der Waals surface area contributed by atoms with Gasteiger partial charge in [0, 0.05) is 19.6 Å². The zero-order valence-electron chi connectivity index (χ0n) is 12.6. The van der Waals surface area contributed by atoms with Gasteiger partial charge in [-0.1, -0.05) is 44.2 Å². The minimum Gasteiger partial charge on any atom is -0.342 e. The number of carbonyl (C=O) groups is 1. The summed E-state index contributed by atoms with van der Waals surface area (Å²) in [6.45, 7) is 6.72. The average molecular weight is 274 g/mol. The van der Waals surface area contributed by atoms with Crippen molar-refractivity contribution < 1.29 is 4.79 Å². The van der Waals surface area contributed by atoms with Gasteiger partial charge in [0.05, 0.1) is 5.92 Å². The molecule has 1 fully saturated rings. The lowest BCUT2D eigenvalue weighted by molar-refractivity contribution is -0.137. The summed E-state index contributed by atoms with van der Waals surface area (Å²) in [6, 6.07) is 10.1. The van der Waals surface area contributed by atoms with Crippen LogP contribution in [0.2, 0.25) is 0 Å². The summed E-state index contributed by atoms with van der Waals surface area (Å²) in [5, 5.41) is 0. The molecular formula is C17H26N2O. The van der Waals surface area contributed by atoms with Gasteiger partial charge >= 0.3 is 0 Å². The first-order valence-corrected chi connectivity index (χ1v) is 7.54. The first kappa shape index (κ1) is 15.0. The number of piperidine rings is 1. The maximum Gasteiger partial charge on any atom is 0.227 e. The van der Waals surface area contributed by atoms with E-state index in [-0.39, 0.29) is 11.8 Å². The van der Waals surface area contributed by atoms with Crippen molar-refractivity contribution in [2.45, 2.75) is 33.1 Å². The Kier molecular flexibility index (Phi) is 4.81. The first-order chi connectivity index (χ1) is 9.52. The Balaban J connectivity index is 1.96. The standard InChI is InChI=1S/C17H26N2O/c1-17(2)8-10-19(11-9-17)16(20)15(13-18)12-14-6-4-3-5-7-14/h3-7,15H,8-13,18H2,1-2H3. The second kappa shape index (κ2) is 6.40. The fraction of sp³-hybridized carbons (Fsp3) is 0.588. The summed E-state index contributed by atoms with van der Waals surface area (Å²) in [4.78, 5) is 14.6. The summed E-state index contributed by atoms with van der Waals surface area (Å²) >= 11 is 0. The van der Waals surface area contributed by atoms with E-state index in [2.05, 4.69) is 26.0 Å². The maximum atomic E-state index is 12.6. The molecule has 1 amide bonds. The lowest BCUT2D eigenvalue weighted by Crippen LogP contribution is -2.45. The molecule has 20 heavy (non-hydrogen) atoms. The number of hydrogen-bond acceptors (Lipinski definition) is 2. The molecule has 0 spiro atoms. The second-order valence-electron chi connectivity index (χ2n) is 6.61. The van der Waals surface area contributed by atoms with Gasteiger partial charge in [-0.2, -0.15) is 0 Å². The molecule has 1 atom stereocenters. The molecule has 2 rings (SSSR count). The highest BCUT2D eigenvalue weighted by Crippen LogP contribution is 2.30. The van der Waals surface area contributed by atoms with Gasteiger partial charge in [-0.05, 0) is 30.2 Å². The van der Waals surface area contributed by atoms with Gasteiger partial charge in [-0.3, -0.25) is 4.79 Å². The molecule has 1 unspecified atom stereocenters. The predicted molar refractivity (Wildman–Crippen MR) is 82.3 cm³/mol. The number of benzene rings is 1. The van der Waals surface area contributed by atoms with Crippen LogP contribution in [0.4, 0.5) is 0 Å². The Bertz CT molecular complexity index is 432. The summed E-state index contributed by atoms with van der Waals surface area (Å²) < 4.78 is 0. The van der Waals surface area contributed by atoms with E-state index in [1.165, 1.54) is 5.56 Å². The number of amides is 1. The maximum absolute atomic E-state index is 12.6. The molecule has 1 heterocycles. The number of likely N-dealkylation sites (tertiary alicyclic amines) is 1.